The van der Waals surface area contributed by atoms with Gasteiger partial charge in [0, 0.05) is 32.1 Å². The fraction of sp³-hybridized carbons (Fsp3) is 0.818. The van der Waals surface area contributed by atoms with Gasteiger partial charge in [-0.2, -0.15) is 0 Å². The van der Waals surface area contributed by atoms with Crippen LogP contribution in [0, 0.1) is 0 Å². The lowest BCUT2D eigenvalue weighted by Crippen LogP contribution is -2.45. The maximum Gasteiger partial charge on any atom is 0.317 e. The van der Waals surface area contributed by atoms with Gasteiger partial charge in [-0.05, 0) is 12.8 Å². The molecule has 0 atom stereocenters. The average Bonchev–Trinajstić information content (AvgIpc) is 2.66. The lowest BCUT2D eigenvalue weighted by molar-refractivity contribution is -0.120. The average molecular weight is 225 g/mol. The van der Waals surface area contributed by atoms with Crippen LogP contribution in [0.5, 0.6) is 0 Å². The van der Waals surface area contributed by atoms with Crippen molar-refractivity contribution in [2.45, 2.75) is 38.1 Å². The van der Waals surface area contributed by atoms with Crippen molar-refractivity contribution >= 4 is 11.9 Å². The van der Waals surface area contributed by atoms with Crippen LogP contribution in [0.2, 0.25) is 0 Å². The zero-order chi connectivity index (χ0) is 11.4. The van der Waals surface area contributed by atoms with Crippen LogP contribution in [0.25, 0.3) is 0 Å². The van der Waals surface area contributed by atoms with Crippen LogP contribution in [-0.4, -0.2) is 42.5 Å². The Kier molecular flexibility index (Phi) is 3.64. The van der Waals surface area contributed by atoms with E-state index in [1.165, 1.54) is 12.8 Å². The van der Waals surface area contributed by atoms with E-state index in [9.17, 15) is 9.59 Å². The number of urea groups is 1. The molecule has 0 aromatic rings. The number of rotatable bonds is 1. The van der Waals surface area contributed by atoms with Crippen molar-refractivity contribution in [1.82, 2.24) is 15.5 Å². The normalized spacial score (nSPS) is 22.8. The minimum atomic E-state index is -0.0107. The standard InChI is InChI=1S/C11H19N3O2/c15-10-5-7-14(8-6-12-10)11(16)13-9-3-1-2-4-9/h9H,1-8H2,(H,12,15)(H,13,16). The van der Waals surface area contributed by atoms with Crippen molar-refractivity contribution in [2.24, 2.45) is 0 Å². The lowest BCUT2D eigenvalue weighted by atomic mass is 10.2. The summed E-state index contributed by atoms with van der Waals surface area (Å²) in [6, 6.07) is 0.336. The molecule has 1 aliphatic carbocycles. The molecule has 1 saturated carbocycles. The highest BCUT2D eigenvalue weighted by Crippen LogP contribution is 2.17. The summed E-state index contributed by atoms with van der Waals surface area (Å²) in [6.07, 6.45) is 5.03. The second kappa shape index (κ2) is 5.18. The summed E-state index contributed by atoms with van der Waals surface area (Å²) in [5.74, 6) is 0.0381. The van der Waals surface area contributed by atoms with Crippen molar-refractivity contribution in [3.8, 4) is 0 Å². The number of hydrogen-bond donors (Lipinski definition) is 2. The van der Waals surface area contributed by atoms with Gasteiger partial charge in [-0.15, -0.1) is 0 Å². The van der Waals surface area contributed by atoms with Crippen LogP contribution >= 0.6 is 0 Å². The zero-order valence-electron chi connectivity index (χ0n) is 9.50. The van der Waals surface area contributed by atoms with Crippen LogP contribution in [0.4, 0.5) is 4.79 Å². The summed E-state index contributed by atoms with van der Waals surface area (Å²) in [4.78, 5) is 24.7. The van der Waals surface area contributed by atoms with Gasteiger partial charge in [0.1, 0.15) is 0 Å². The van der Waals surface area contributed by atoms with E-state index >= 15 is 0 Å². The van der Waals surface area contributed by atoms with Gasteiger partial charge in [0.15, 0.2) is 0 Å². The van der Waals surface area contributed by atoms with Crippen LogP contribution in [-0.2, 0) is 4.79 Å². The summed E-state index contributed by atoms with van der Waals surface area (Å²) in [6.45, 7) is 1.71. The van der Waals surface area contributed by atoms with Crippen LogP contribution in [0.15, 0.2) is 0 Å². The quantitative estimate of drug-likeness (QED) is 0.681. The van der Waals surface area contributed by atoms with E-state index < -0.39 is 0 Å². The molecule has 16 heavy (non-hydrogen) atoms. The molecule has 0 bridgehead atoms. The Bertz CT molecular complexity index is 274. The molecule has 0 spiro atoms. The molecule has 2 fully saturated rings. The number of nitrogens with one attached hydrogen (secondary N) is 2. The largest absolute Gasteiger partial charge is 0.354 e. The second-order valence-corrected chi connectivity index (χ2v) is 4.52. The van der Waals surface area contributed by atoms with E-state index in [1.807, 2.05) is 0 Å². The Balaban J connectivity index is 1.81. The second-order valence-electron chi connectivity index (χ2n) is 4.52. The Labute approximate surface area is 95.6 Å². The number of amides is 3. The van der Waals surface area contributed by atoms with Gasteiger partial charge >= 0.3 is 6.03 Å². The molecule has 3 amide bonds. The van der Waals surface area contributed by atoms with E-state index in [-0.39, 0.29) is 11.9 Å². The van der Waals surface area contributed by atoms with Gasteiger partial charge in [0.25, 0.3) is 0 Å². The molecule has 0 radical (unpaired) electrons. The smallest absolute Gasteiger partial charge is 0.317 e. The molecule has 2 N–H and O–H groups in total. The zero-order valence-corrected chi connectivity index (χ0v) is 9.50. The first-order chi connectivity index (χ1) is 7.75. The number of nitrogens with zero attached hydrogens (tertiary/aromatic N) is 1. The Hall–Kier alpha value is -1.26. The Morgan fingerprint density at radius 2 is 2.06 bits per heavy atom. The molecular formula is C11H19N3O2. The fourth-order valence-electron chi connectivity index (χ4n) is 2.31. The molecule has 5 heteroatoms. The van der Waals surface area contributed by atoms with Crippen molar-refractivity contribution in [2.75, 3.05) is 19.6 Å². The van der Waals surface area contributed by atoms with Crippen molar-refractivity contribution in [3.63, 3.8) is 0 Å². The number of carbonyl (C=O) groups is 2. The van der Waals surface area contributed by atoms with Crippen LogP contribution < -0.4 is 10.6 Å². The summed E-state index contributed by atoms with van der Waals surface area (Å²) in [5, 5.41) is 5.80. The van der Waals surface area contributed by atoms with Crippen molar-refractivity contribution in [3.05, 3.63) is 0 Å². The van der Waals surface area contributed by atoms with Crippen molar-refractivity contribution in [1.29, 1.82) is 0 Å². The summed E-state index contributed by atoms with van der Waals surface area (Å²) < 4.78 is 0. The van der Waals surface area contributed by atoms with Gasteiger partial charge in [0.2, 0.25) is 5.91 Å². The molecule has 1 heterocycles. The first-order valence-corrected chi connectivity index (χ1v) is 6.08. The minimum Gasteiger partial charge on any atom is -0.354 e. The van der Waals surface area contributed by atoms with E-state index in [0.29, 0.717) is 32.1 Å². The van der Waals surface area contributed by atoms with E-state index in [1.54, 1.807) is 4.90 Å². The molecule has 2 rings (SSSR count). The predicted molar refractivity (Wildman–Crippen MR) is 60.0 cm³/mol. The molecule has 1 aliphatic heterocycles. The van der Waals surface area contributed by atoms with Gasteiger partial charge in [0.05, 0.1) is 0 Å². The molecule has 0 aromatic carbocycles. The van der Waals surface area contributed by atoms with Gasteiger partial charge in [-0.3, -0.25) is 4.79 Å². The van der Waals surface area contributed by atoms with E-state index in [0.717, 1.165) is 12.8 Å². The highest BCUT2D eigenvalue weighted by atomic mass is 16.2. The first kappa shape index (κ1) is 11.2. The highest BCUT2D eigenvalue weighted by Gasteiger charge is 2.22. The van der Waals surface area contributed by atoms with Crippen LogP contribution in [0.3, 0.4) is 0 Å². The molecule has 2 aliphatic rings. The minimum absolute atomic E-state index is 0.0107. The topological polar surface area (TPSA) is 61.4 Å². The monoisotopic (exact) mass is 225 g/mol. The fourth-order valence-corrected chi connectivity index (χ4v) is 2.31. The Morgan fingerprint density at radius 1 is 1.31 bits per heavy atom. The van der Waals surface area contributed by atoms with Crippen molar-refractivity contribution < 1.29 is 9.59 Å². The van der Waals surface area contributed by atoms with Crippen LogP contribution in [0.1, 0.15) is 32.1 Å². The highest BCUT2D eigenvalue weighted by molar-refractivity contribution is 5.79. The molecule has 0 aromatic heterocycles. The molecule has 5 nitrogen and oxygen atoms in total. The molecule has 1 saturated heterocycles. The third-order valence-electron chi connectivity index (χ3n) is 3.28. The van der Waals surface area contributed by atoms with Gasteiger partial charge in [-0.25, -0.2) is 4.79 Å². The number of carbonyl (C=O) groups excluding carboxylic acids is 2. The molecule has 0 unspecified atom stereocenters. The summed E-state index contributed by atoms with van der Waals surface area (Å²) in [7, 11) is 0. The molecule has 90 valence electrons. The molecular weight excluding hydrogens is 206 g/mol. The first-order valence-electron chi connectivity index (χ1n) is 6.08. The third kappa shape index (κ3) is 2.87. The SMILES string of the molecule is O=C1CCN(C(=O)NC2CCCC2)CCN1. The summed E-state index contributed by atoms with van der Waals surface area (Å²) in [5.41, 5.74) is 0. The summed E-state index contributed by atoms with van der Waals surface area (Å²) >= 11 is 0. The third-order valence-corrected chi connectivity index (χ3v) is 3.28. The lowest BCUT2D eigenvalue weighted by Gasteiger charge is -2.22. The maximum atomic E-state index is 11.9. The van der Waals surface area contributed by atoms with E-state index in [4.69, 9.17) is 0 Å². The maximum absolute atomic E-state index is 11.9. The number of hydrogen-bond acceptors (Lipinski definition) is 2. The van der Waals surface area contributed by atoms with E-state index in [2.05, 4.69) is 10.6 Å². The Morgan fingerprint density at radius 3 is 2.81 bits per heavy atom. The van der Waals surface area contributed by atoms with Gasteiger partial charge in [-0.1, -0.05) is 12.8 Å². The van der Waals surface area contributed by atoms with Gasteiger partial charge < -0.3 is 15.5 Å². The predicted octanol–water partition coefficient (Wildman–Crippen LogP) is 0.460.